The predicted octanol–water partition coefficient (Wildman–Crippen LogP) is 6.81. The lowest BCUT2D eigenvalue weighted by atomic mass is 9.79. The summed E-state index contributed by atoms with van der Waals surface area (Å²) in [5, 5.41) is 4.51. The van der Waals surface area contributed by atoms with Crippen LogP contribution in [0.1, 0.15) is 53.4 Å². The molecule has 0 aliphatic carbocycles. The molecule has 9 nitrogen and oxygen atoms in total. The van der Waals surface area contributed by atoms with Gasteiger partial charge in [0.05, 0.1) is 35.2 Å². The zero-order valence-corrected chi connectivity index (χ0v) is 28.5. The first kappa shape index (κ1) is 37.2. The van der Waals surface area contributed by atoms with Crippen LogP contribution < -0.4 is 15.0 Å². The predicted molar refractivity (Wildman–Crippen MR) is 176 cm³/mol. The molecule has 0 radical (unpaired) electrons. The summed E-state index contributed by atoms with van der Waals surface area (Å²) in [7, 11) is 1.61. The van der Waals surface area contributed by atoms with E-state index in [-0.39, 0.29) is 44.6 Å². The molecule has 2 aliphatic heterocycles. The molecule has 2 fully saturated rings. The minimum absolute atomic E-state index is 0.0200. The van der Waals surface area contributed by atoms with Crippen molar-refractivity contribution in [2.75, 3.05) is 63.2 Å². The van der Waals surface area contributed by atoms with Gasteiger partial charge in [0.15, 0.2) is 0 Å². The van der Waals surface area contributed by atoms with E-state index >= 15 is 0 Å². The number of thiophene rings is 1. The number of alkyl halides is 6. The van der Waals surface area contributed by atoms with Gasteiger partial charge in [-0.05, 0) is 31.0 Å². The van der Waals surface area contributed by atoms with E-state index in [0.29, 0.717) is 44.0 Å². The van der Waals surface area contributed by atoms with Crippen LogP contribution in [0.15, 0.2) is 54.2 Å². The van der Waals surface area contributed by atoms with Crippen molar-refractivity contribution >= 4 is 34.5 Å². The Kier molecular flexibility index (Phi) is 11.5. The van der Waals surface area contributed by atoms with E-state index < -0.39 is 51.8 Å². The number of hydrogen-bond acceptors (Lipinski definition) is 8. The summed E-state index contributed by atoms with van der Waals surface area (Å²) in [5.41, 5.74) is -1.89. The van der Waals surface area contributed by atoms with Crippen LogP contribution in [-0.4, -0.2) is 91.2 Å². The number of rotatable bonds is 11. The molecular weight excluding hydrogens is 688 g/mol. The average Bonchev–Trinajstić information content (AvgIpc) is 3.58. The van der Waals surface area contributed by atoms with Gasteiger partial charge >= 0.3 is 12.4 Å². The number of pyridine rings is 1. The number of aromatic nitrogens is 1. The van der Waals surface area contributed by atoms with Gasteiger partial charge in [0, 0.05) is 76.6 Å². The molecule has 4 heterocycles. The topological polar surface area (TPSA) is 87.2 Å². The zero-order valence-electron chi connectivity index (χ0n) is 27.6. The van der Waals surface area contributed by atoms with Crippen LogP contribution in [-0.2, 0) is 21.9 Å². The Labute approximate surface area is 290 Å². The van der Waals surface area contributed by atoms with Gasteiger partial charge in [-0.25, -0.2) is 0 Å². The SMILES string of the molecule is CCC[C@H]1N(C(=O)c2cnccc2C(F)(F)F)CCC[C@@]1(Oc1csc(C(F)(F)F)c1)C(=O)N1CCN(c2ccccc2NCCOC)CC1. The summed E-state index contributed by atoms with van der Waals surface area (Å²) >= 11 is 0.411. The standard InChI is InChI=1S/C34H39F6N5O4S/c1-3-7-28-32(49-23-20-29(50-22-23)34(38,39)40,11-6-14-45(28)30(46)24-21-41-12-10-25(24)33(35,36)37)31(47)44-17-15-43(16-18-44)27-9-5-4-8-26(27)42-13-19-48-2/h4-5,8-10,12,20-22,28,42H,3,6-7,11,13-19H2,1-2H3/t28-,32+/m1/s1. The largest absolute Gasteiger partial charge is 0.474 e. The Bertz CT molecular complexity index is 1630. The van der Waals surface area contributed by atoms with Crippen molar-refractivity contribution in [1.29, 1.82) is 0 Å². The van der Waals surface area contributed by atoms with E-state index in [1.807, 2.05) is 24.3 Å². The van der Waals surface area contributed by atoms with E-state index in [1.165, 1.54) is 4.90 Å². The molecule has 2 aromatic heterocycles. The summed E-state index contributed by atoms with van der Waals surface area (Å²) in [6.07, 6.45) is -6.95. The minimum Gasteiger partial charge on any atom is -0.474 e. The summed E-state index contributed by atoms with van der Waals surface area (Å²) in [4.78, 5) is 36.5. The number of likely N-dealkylation sites (tertiary alicyclic amines) is 1. The van der Waals surface area contributed by atoms with Crippen LogP contribution in [0.4, 0.5) is 37.7 Å². The van der Waals surface area contributed by atoms with Crippen molar-refractivity contribution < 1.29 is 45.4 Å². The van der Waals surface area contributed by atoms with Crippen LogP contribution in [0.2, 0.25) is 0 Å². The normalized spacial score (nSPS) is 20.2. The van der Waals surface area contributed by atoms with Crippen LogP contribution in [0.3, 0.4) is 0 Å². The Morgan fingerprint density at radius 2 is 1.78 bits per heavy atom. The Morgan fingerprint density at radius 3 is 2.44 bits per heavy atom. The van der Waals surface area contributed by atoms with Crippen LogP contribution in [0.25, 0.3) is 0 Å². The van der Waals surface area contributed by atoms with Gasteiger partial charge in [0.1, 0.15) is 10.6 Å². The average molecular weight is 728 g/mol. The molecule has 1 N–H and O–H groups in total. The molecule has 2 saturated heterocycles. The lowest BCUT2D eigenvalue weighted by Gasteiger charge is -2.51. The Morgan fingerprint density at radius 1 is 1.04 bits per heavy atom. The number of halogens is 6. The maximum atomic E-state index is 14.8. The van der Waals surface area contributed by atoms with E-state index in [9.17, 15) is 35.9 Å². The van der Waals surface area contributed by atoms with Crippen molar-refractivity contribution in [3.05, 3.63) is 70.2 Å². The van der Waals surface area contributed by atoms with Gasteiger partial charge in [-0.2, -0.15) is 26.3 Å². The number of para-hydroxylation sites is 2. The first-order chi connectivity index (χ1) is 23.8. The first-order valence-corrected chi connectivity index (χ1v) is 17.2. The monoisotopic (exact) mass is 727 g/mol. The van der Waals surface area contributed by atoms with Crippen LogP contribution in [0.5, 0.6) is 5.75 Å². The van der Waals surface area contributed by atoms with E-state index in [0.717, 1.165) is 41.3 Å². The van der Waals surface area contributed by atoms with Crippen molar-refractivity contribution in [2.45, 2.75) is 56.6 Å². The molecule has 2 amide bonds. The molecule has 3 aromatic rings. The highest BCUT2D eigenvalue weighted by molar-refractivity contribution is 7.10. The van der Waals surface area contributed by atoms with Gasteiger partial charge in [0.2, 0.25) is 5.60 Å². The number of methoxy groups -OCH3 is 1. The number of benzene rings is 1. The van der Waals surface area contributed by atoms with Crippen molar-refractivity contribution in [3.8, 4) is 5.75 Å². The maximum absolute atomic E-state index is 14.8. The lowest BCUT2D eigenvalue weighted by molar-refractivity contribution is -0.159. The minimum atomic E-state index is -4.85. The third-order valence-electron chi connectivity index (χ3n) is 8.99. The number of ether oxygens (including phenoxy) is 2. The summed E-state index contributed by atoms with van der Waals surface area (Å²) < 4.78 is 94.3. The molecule has 0 unspecified atom stereocenters. The third-order valence-corrected chi connectivity index (χ3v) is 9.94. The Hall–Kier alpha value is -4.05. The zero-order chi connectivity index (χ0) is 36.1. The molecule has 0 spiro atoms. The van der Waals surface area contributed by atoms with E-state index in [4.69, 9.17) is 9.47 Å². The van der Waals surface area contributed by atoms with Crippen molar-refractivity contribution in [2.24, 2.45) is 0 Å². The maximum Gasteiger partial charge on any atom is 0.425 e. The lowest BCUT2D eigenvalue weighted by Crippen LogP contribution is -2.69. The second-order valence-corrected chi connectivity index (χ2v) is 13.1. The quantitative estimate of drug-likeness (QED) is 0.172. The van der Waals surface area contributed by atoms with Crippen LogP contribution >= 0.6 is 11.3 Å². The number of hydrogen-bond donors (Lipinski definition) is 1. The van der Waals surface area contributed by atoms with Gasteiger partial charge < -0.3 is 29.5 Å². The fraction of sp³-hybridized carbons (Fsp3) is 0.500. The number of carbonyl (C=O) groups excluding carboxylic acids is 2. The fourth-order valence-corrected chi connectivity index (χ4v) is 7.38. The molecule has 50 heavy (non-hydrogen) atoms. The number of piperazine rings is 1. The molecule has 272 valence electrons. The van der Waals surface area contributed by atoms with Crippen molar-refractivity contribution in [1.82, 2.24) is 14.8 Å². The van der Waals surface area contributed by atoms with Crippen LogP contribution in [0, 0.1) is 0 Å². The van der Waals surface area contributed by atoms with Gasteiger partial charge in [-0.1, -0.05) is 25.5 Å². The number of piperidine rings is 1. The Balaban J connectivity index is 1.48. The highest BCUT2D eigenvalue weighted by Gasteiger charge is 2.56. The number of nitrogens with zero attached hydrogens (tertiary/aromatic N) is 4. The fourth-order valence-electron chi connectivity index (χ4n) is 6.71. The molecule has 2 aliphatic rings. The molecule has 5 rings (SSSR count). The van der Waals surface area contributed by atoms with Gasteiger partial charge in [-0.15, -0.1) is 11.3 Å². The highest BCUT2D eigenvalue weighted by Crippen LogP contribution is 2.43. The second kappa shape index (κ2) is 15.5. The van der Waals surface area contributed by atoms with Crippen molar-refractivity contribution in [3.63, 3.8) is 0 Å². The van der Waals surface area contributed by atoms with E-state index in [1.54, 1.807) is 18.9 Å². The highest BCUT2D eigenvalue weighted by atomic mass is 32.1. The molecule has 1 aromatic carbocycles. The first-order valence-electron chi connectivity index (χ1n) is 16.3. The third kappa shape index (κ3) is 7.96. The number of nitrogens with one attached hydrogen (secondary N) is 1. The number of anilines is 2. The van der Waals surface area contributed by atoms with E-state index in [2.05, 4.69) is 15.2 Å². The smallest absolute Gasteiger partial charge is 0.425 e. The molecule has 0 bridgehead atoms. The molecule has 2 atom stereocenters. The summed E-state index contributed by atoms with van der Waals surface area (Å²) in [6.45, 7) is 4.22. The molecule has 16 heteroatoms. The second-order valence-electron chi connectivity index (χ2n) is 12.2. The number of amides is 2. The van der Waals surface area contributed by atoms with Gasteiger partial charge in [0.25, 0.3) is 11.8 Å². The molecular formula is C34H39F6N5O4S. The summed E-state index contributed by atoms with van der Waals surface area (Å²) in [6, 6.07) is 8.16. The summed E-state index contributed by atoms with van der Waals surface area (Å²) in [5.74, 6) is -1.70. The number of carbonyl (C=O) groups is 2. The molecule has 0 saturated carbocycles. The van der Waals surface area contributed by atoms with Gasteiger partial charge in [-0.3, -0.25) is 14.6 Å².